The minimum atomic E-state index is -0.0228. The molecule has 4 heteroatoms. The minimum Gasteiger partial charge on any atom is -0.370 e. The Hall–Kier alpha value is -1.58. The van der Waals surface area contributed by atoms with Gasteiger partial charge in [-0.15, -0.1) is 0 Å². The van der Waals surface area contributed by atoms with Crippen molar-refractivity contribution in [2.45, 2.75) is 39.0 Å². The predicted octanol–water partition coefficient (Wildman–Crippen LogP) is 2.82. The van der Waals surface area contributed by atoms with Crippen molar-refractivity contribution in [2.75, 3.05) is 18.4 Å². The van der Waals surface area contributed by atoms with Gasteiger partial charge in [0, 0.05) is 19.3 Å². The number of hydrogen-bond acceptors (Lipinski definition) is 3. The van der Waals surface area contributed by atoms with Crippen molar-refractivity contribution >= 4 is 11.7 Å². The van der Waals surface area contributed by atoms with Crippen LogP contribution in [0.2, 0.25) is 0 Å². The number of rotatable bonds is 8. The average molecular weight is 261 g/mol. The van der Waals surface area contributed by atoms with E-state index in [1.54, 1.807) is 6.20 Å². The van der Waals surface area contributed by atoms with Gasteiger partial charge in [0.15, 0.2) is 0 Å². The number of hydrogen-bond donors (Lipinski definition) is 2. The summed E-state index contributed by atoms with van der Waals surface area (Å²) in [7, 11) is 0. The molecule has 19 heavy (non-hydrogen) atoms. The first-order chi connectivity index (χ1) is 9.29. The quantitative estimate of drug-likeness (QED) is 0.707. The van der Waals surface area contributed by atoms with E-state index in [2.05, 4.69) is 22.5 Å². The monoisotopic (exact) mass is 261 g/mol. The van der Waals surface area contributed by atoms with Crippen LogP contribution in [0, 0.1) is 5.92 Å². The Kier molecular flexibility index (Phi) is 5.19. The molecule has 2 N–H and O–H groups in total. The van der Waals surface area contributed by atoms with Crippen molar-refractivity contribution in [1.82, 2.24) is 10.3 Å². The predicted molar refractivity (Wildman–Crippen MR) is 77.3 cm³/mol. The van der Waals surface area contributed by atoms with Crippen LogP contribution in [0.3, 0.4) is 0 Å². The number of carbonyl (C=O) groups excluding carboxylic acids is 1. The third-order valence-electron chi connectivity index (χ3n) is 3.35. The lowest BCUT2D eigenvalue weighted by Gasteiger charge is -2.06. The maximum Gasteiger partial charge on any atom is 0.252 e. The first-order valence-corrected chi connectivity index (χ1v) is 7.27. The maximum absolute atomic E-state index is 11.9. The molecule has 0 spiro atoms. The Morgan fingerprint density at radius 2 is 2.21 bits per heavy atom. The SMILES string of the molecule is CCCNc1ccc(C(=O)NCCCC2CC2)cn1. The first kappa shape index (κ1) is 13.8. The summed E-state index contributed by atoms with van der Waals surface area (Å²) in [6, 6.07) is 3.68. The highest BCUT2D eigenvalue weighted by Crippen LogP contribution is 2.33. The molecule has 1 fully saturated rings. The van der Waals surface area contributed by atoms with Gasteiger partial charge >= 0.3 is 0 Å². The molecule has 0 unspecified atom stereocenters. The van der Waals surface area contributed by atoms with Crippen LogP contribution in [0.5, 0.6) is 0 Å². The van der Waals surface area contributed by atoms with Gasteiger partial charge in [-0.05, 0) is 37.3 Å². The van der Waals surface area contributed by atoms with Gasteiger partial charge in [0.25, 0.3) is 5.91 Å². The van der Waals surface area contributed by atoms with Gasteiger partial charge in [-0.2, -0.15) is 0 Å². The third-order valence-corrected chi connectivity index (χ3v) is 3.35. The van der Waals surface area contributed by atoms with Gasteiger partial charge in [-0.25, -0.2) is 4.98 Å². The van der Waals surface area contributed by atoms with Gasteiger partial charge in [0.05, 0.1) is 5.56 Å². The van der Waals surface area contributed by atoms with E-state index >= 15 is 0 Å². The van der Waals surface area contributed by atoms with Crippen LogP contribution in [-0.4, -0.2) is 24.0 Å². The third kappa shape index (κ3) is 4.89. The summed E-state index contributed by atoms with van der Waals surface area (Å²) >= 11 is 0. The molecule has 0 aliphatic heterocycles. The zero-order valence-corrected chi connectivity index (χ0v) is 11.6. The summed E-state index contributed by atoms with van der Waals surface area (Å²) in [5.41, 5.74) is 0.633. The second-order valence-electron chi connectivity index (χ2n) is 5.20. The number of amides is 1. The normalized spacial score (nSPS) is 14.2. The van der Waals surface area contributed by atoms with Gasteiger partial charge in [-0.3, -0.25) is 4.79 Å². The first-order valence-electron chi connectivity index (χ1n) is 7.27. The van der Waals surface area contributed by atoms with Crippen molar-refractivity contribution in [3.63, 3.8) is 0 Å². The summed E-state index contributed by atoms with van der Waals surface area (Å²) in [5, 5.41) is 6.13. The van der Waals surface area contributed by atoms with Gasteiger partial charge < -0.3 is 10.6 Å². The average Bonchev–Trinajstić information content (AvgIpc) is 3.26. The number of carbonyl (C=O) groups is 1. The number of pyridine rings is 1. The van der Waals surface area contributed by atoms with Crippen LogP contribution in [0.25, 0.3) is 0 Å². The second-order valence-corrected chi connectivity index (χ2v) is 5.20. The van der Waals surface area contributed by atoms with E-state index in [1.807, 2.05) is 12.1 Å². The zero-order chi connectivity index (χ0) is 13.5. The smallest absolute Gasteiger partial charge is 0.252 e. The second kappa shape index (κ2) is 7.12. The van der Waals surface area contributed by atoms with Crippen molar-refractivity contribution in [1.29, 1.82) is 0 Å². The van der Waals surface area contributed by atoms with Crippen molar-refractivity contribution in [3.05, 3.63) is 23.9 Å². The summed E-state index contributed by atoms with van der Waals surface area (Å²) in [6.07, 6.45) is 7.78. The van der Waals surface area contributed by atoms with E-state index in [0.29, 0.717) is 5.56 Å². The summed E-state index contributed by atoms with van der Waals surface area (Å²) < 4.78 is 0. The molecule has 0 bridgehead atoms. The largest absolute Gasteiger partial charge is 0.370 e. The number of nitrogens with zero attached hydrogens (tertiary/aromatic N) is 1. The number of aromatic nitrogens is 1. The summed E-state index contributed by atoms with van der Waals surface area (Å²) in [6.45, 7) is 3.78. The van der Waals surface area contributed by atoms with Gasteiger partial charge in [0.1, 0.15) is 5.82 Å². The molecule has 0 saturated heterocycles. The zero-order valence-electron chi connectivity index (χ0n) is 11.6. The van der Waals surface area contributed by atoms with Crippen molar-refractivity contribution in [2.24, 2.45) is 5.92 Å². The fourth-order valence-electron chi connectivity index (χ4n) is 1.99. The molecule has 0 atom stereocenters. The molecule has 0 radical (unpaired) electrons. The van der Waals surface area contributed by atoms with Gasteiger partial charge in [-0.1, -0.05) is 19.8 Å². The van der Waals surface area contributed by atoms with Crippen molar-refractivity contribution < 1.29 is 4.79 Å². The fraction of sp³-hybridized carbons (Fsp3) is 0.600. The van der Waals surface area contributed by atoms with E-state index in [4.69, 9.17) is 0 Å². The topological polar surface area (TPSA) is 54.0 Å². The van der Waals surface area contributed by atoms with E-state index in [9.17, 15) is 4.79 Å². The molecule has 104 valence electrons. The standard InChI is InChI=1S/C15H23N3O/c1-2-9-16-14-8-7-13(11-18-14)15(19)17-10-3-4-12-5-6-12/h7-8,11-12H,2-6,9-10H2,1H3,(H,16,18)(H,17,19). The van der Waals surface area contributed by atoms with Gasteiger partial charge in [0.2, 0.25) is 0 Å². The lowest BCUT2D eigenvalue weighted by Crippen LogP contribution is -2.24. The molecule has 1 aromatic rings. The molecule has 0 aromatic carbocycles. The highest BCUT2D eigenvalue weighted by molar-refractivity contribution is 5.93. The summed E-state index contributed by atoms with van der Waals surface area (Å²) in [5.74, 6) is 1.74. The van der Waals surface area contributed by atoms with Crippen LogP contribution >= 0.6 is 0 Å². The fourth-order valence-corrected chi connectivity index (χ4v) is 1.99. The lowest BCUT2D eigenvalue weighted by molar-refractivity contribution is 0.0952. The number of anilines is 1. The molecule has 1 aliphatic carbocycles. The van der Waals surface area contributed by atoms with E-state index < -0.39 is 0 Å². The Labute approximate surface area is 115 Å². The highest BCUT2D eigenvalue weighted by Gasteiger charge is 2.20. The van der Waals surface area contributed by atoms with Crippen LogP contribution in [0.1, 0.15) is 49.4 Å². The van der Waals surface area contributed by atoms with Crippen LogP contribution in [-0.2, 0) is 0 Å². The molecule has 1 aromatic heterocycles. The molecule has 1 saturated carbocycles. The highest BCUT2D eigenvalue weighted by atomic mass is 16.1. The molecular formula is C15H23N3O. The molecular weight excluding hydrogens is 238 g/mol. The molecule has 4 nitrogen and oxygen atoms in total. The Morgan fingerprint density at radius 1 is 1.37 bits per heavy atom. The number of nitrogens with one attached hydrogen (secondary N) is 2. The summed E-state index contributed by atoms with van der Waals surface area (Å²) in [4.78, 5) is 16.1. The van der Waals surface area contributed by atoms with Crippen molar-refractivity contribution in [3.8, 4) is 0 Å². The van der Waals surface area contributed by atoms with E-state index in [-0.39, 0.29) is 5.91 Å². The maximum atomic E-state index is 11.9. The van der Waals surface area contributed by atoms with Crippen LogP contribution in [0.4, 0.5) is 5.82 Å². The Morgan fingerprint density at radius 3 is 2.84 bits per heavy atom. The van der Waals surface area contributed by atoms with E-state index in [1.165, 1.54) is 19.3 Å². The molecule has 2 rings (SSSR count). The minimum absolute atomic E-state index is 0.0228. The lowest BCUT2D eigenvalue weighted by atomic mass is 10.2. The van der Waals surface area contributed by atoms with Crippen LogP contribution in [0.15, 0.2) is 18.3 Å². The molecule has 1 aliphatic rings. The molecule has 1 heterocycles. The Balaban J connectivity index is 1.71. The molecule has 1 amide bonds. The Bertz CT molecular complexity index is 398. The van der Waals surface area contributed by atoms with Crippen LogP contribution < -0.4 is 10.6 Å². The van der Waals surface area contributed by atoms with E-state index in [0.717, 1.165) is 37.7 Å².